The standard InChI is InChI=1S/C10H9NO5.Ca.2H/c11-5-8(12)16-10(15)7-4-2-1-3-6(7)9(13)14;;;/h1-4H,5,11H2,(H,13,14);;;. The summed E-state index contributed by atoms with van der Waals surface area (Å²) in [6, 6.07) is 5.43. The summed E-state index contributed by atoms with van der Waals surface area (Å²) in [5.74, 6) is -3.20. The van der Waals surface area contributed by atoms with Gasteiger partial charge < -0.3 is 15.6 Å². The Morgan fingerprint density at radius 3 is 2.18 bits per heavy atom. The van der Waals surface area contributed by atoms with Gasteiger partial charge in [-0.25, -0.2) is 9.59 Å². The number of hydrogen-bond donors (Lipinski definition) is 2. The van der Waals surface area contributed by atoms with E-state index in [2.05, 4.69) is 4.74 Å². The topological polar surface area (TPSA) is 107 Å². The molecule has 17 heavy (non-hydrogen) atoms. The van der Waals surface area contributed by atoms with E-state index in [0.29, 0.717) is 0 Å². The Bertz CT molecular complexity index is 446. The Balaban J connectivity index is 0.00000256. The molecule has 0 aromatic heterocycles. The first kappa shape index (κ1) is 16.0. The normalized spacial score (nSPS) is 9.00. The van der Waals surface area contributed by atoms with E-state index >= 15 is 0 Å². The van der Waals surface area contributed by atoms with E-state index in [1.807, 2.05) is 0 Å². The second-order valence-electron chi connectivity index (χ2n) is 2.82. The molecule has 3 N–H and O–H groups in total. The first-order chi connectivity index (χ1) is 7.56. The third-order valence-corrected chi connectivity index (χ3v) is 1.75. The van der Waals surface area contributed by atoms with Crippen LogP contribution in [0.2, 0.25) is 0 Å². The molecule has 0 saturated heterocycles. The van der Waals surface area contributed by atoms with E-state index in [1.165, 1.54) is 24.3 Å². The molecule has 88 valence electrons. The molecule has 0 atom stereocenters. The SMILES string of the molecule is NCC(=O)OC(=O)c1ccccc1C(=O)O.[CaH2]. The molecule has 0 bridgehead atoms. The number of carboxylic acid groups (broad SMARTS) is 1. The third kappa shape index (κ3) is 4.43. The molecule has 7 heteroatoms. The summed E-state index contributed by atoms with van der Waals surface area (Å²) in [7, 11) is 0. The van der Waals surface area contributed by atoms with Crippen LogP contribution in [0.3, 0.4) is 0 Å². The Morgan fingerprint density at radius 2 is 1.71 bits per heavy atom. The summed E-state index contributed by atoms with van der Waals surface area (Å²) in [6.45, 7) is -0.443. The second-order valence-corrected chi connectivity index (χ2v) is 2.82. The van der Waals surface area contributed by atoms with Crippen LogP contribution in [0.15, 0.2) is 24.3 Å². The Labute approximate surface area is 127 Å². The van der Waals surface area contributed by atoms with Gasteiger partial charge in [0.05, 0.1) is 17.7 Å². The maximum atomic E-state index is 11.4. The van der Waals surface area contributed by atoms with Crippen LogP contribution in [0.1, 0.15) is 20.7 Å². The van der Waals surface area contributed by atoms with Crippen LogP contribution in [-0.2, 0) is 9.53 Å². The average Bonchev–Trinajstić information content (AvgIpc) is 2.28. The summed E-state index contributed by atoms with van der Waals surface area (Å²) < 4.78 is 4.31. The van der Waals surface area contributed by atoms with E-state index < -0.39 is 24.5 Å². The third-order valence-electron chi connectivity index (χ3n) is 1.75. The summed E-state index contributed by atoms with van der Waals surface area (Å²) in [6.07, 6.45) is 0. The van der Waals surface area contributed by atoms with Crippen LogP contribution in [0, 0.1) is 0 Å². The van der Waals surface area contributed by atoms with E-state index in [-0.39, 0.29) is 48.9 Å². The van der Waals surface area contributed by atoms with E-state index in [4.69, 9.17) is 10.8 Å². The maximum absolute atomic E-state index is 11.4. The molecule has 1 aromatic carbocycles. The van der Waals surface area contributed by atoms with Gasteiger partial charge in [-0.15, -0.1) is 0 Å². The van der Waals surface area contributed by atoms with Gasteiger partial charge in [-0.1, -0.05) is 12.1 Å². The molecule has 0 aliphatic heterocycles. The molecule has 0 saturated carbocycles. The molecule has 0 spiro atoms. The van der Waals surface area contributed by atoms with Gasteiger partial charge in [0.15, 0.2) is 0 Å². The van der Waals surface area contributed by atoms with Gasteiger partial charge in [-0.05, 0) is 12.1 Å². The fourth-order valence-corrected chi connectivity index (χ4v) is 1.05. The zero-order valence-corrected chi connectivity index (χ0v) is 8.17. The van der Waals surface area contributed by atoms with Crippen molar-refractivity contribution in [3.8, 4) is 0 Å². The van der Waals surface area contributed by atoms with Crippen molar-refractivity contribution >= 4 is 55.6 Å². The number of carbonyl (C=O) groups excluding carboxylic acids is 2. The molecule has 0 fully saturated rings. The van der Waals surface area contributed by atoms with Gasteiger partial charge in [0.25, 0.3) is 0 Å². The Kier molecular flexibility index (Phi) is 6.98. The van der Waals surface area contributed by atoms with Gasteiger partial charge in [0, 0.05) is 0 Å². The summed E-state index contributed by atoms with van der Waals surface area (Å²) in [5, 5.41) is 8.79. The number of esters is 2. The zero-order chi connectivity index (χ0) is 12.1. The van der Waals surface area contributed by atoms with Crippen molar-refractivity contribution in [2.75, 3.05) is 6.54 Å². The average molecular weight is 265 g/mol. The van der Waals surface area contributed by atoms with Gasteiger partial charge in [-0.3, -0.25) is 4.79 Å². The molecule has 0 amide bonds. The van der Waals surface area contributed by atoms with Crippen LogP contribution in [0.4, 0.5) is 0 Å². The summed E-state index contributed by atoms with van der Waals surface area (Å²) in [4.78, 5) is 32.9. The fourth-order valence-electron chi connectivity index (χ4n) is 1.05. The number of aromatic carboxylic acids is 1. The Hall–Kier alpha value is -0.950. The molecule has 0 aliphatic rings. The number of benzene rings is 1. The molecule has 0 radical (unpaired) electrons. The van der Waals surface area contributed by atoms with Crippen LogP contribution in [-0.4, -0.2) is 67.3 Å². The van der Waals surface area contributed by atoms with E-state index in [0.717, 1.165) is 0 Å². The molecule has 0 unspecified atom stereocenters. The minimum atomic E-state index is -1.27. The molecule has 1 rings (SSSR count). The zero-order valence-electron chi connectivity index (χ0n) is 8.17. The van der Waals surface area contributed by atoms with Crippen LogP contribution >= 0.6 is 0 Å². The number of carbonyl (C=O) groups is 3. The van der Waals surface area contributed by atoms with Crippen molar-refractivity contribution in [1.29, 1.82) is 0 Å². The Morgan fingerprint density at radius 1 is 1.18 bits per heavy atom. The van der Waals surface area contributed by atoms with E-state index in [1.54, 1.807) is 0 Å². The first-order valence-electron chi connectivity index (χ1n) is 4.33. The molecule has 0 heterocycles. The molecule has 0 aliphatic carbocycles. The number of hydrogen-bond acceptors (Lipinski definition) is 5. The minimum absolute atomic E-state index is 0. The number of rotatable bonds is 3. The van der Waals surface area contributed by atoms with Gasteiger partial charge in [0.2, 0.25) is 0 Å². The van der Waals surface area contributed by atoms with Crippen molar-refractivity contribution in [1.82, 2.24) is 0 Å². The van der Waals surface area contributed by atoms with Crippen molar-refractivity contribution in [3.63, 3.8) is 0 Å². The van der Waals surface area contributed by atoms with Crippen LogP contribution < -0.4 is 5.73 Å². The molecule has 6 nitrogen and oxygen atoms in total. The number of nitrogens with two attached hydrogens (primary N) is 1. The summed E-state index contributed by atoms with van der Waals surface area (Å²) >= 11 is 0. The second kappa shape index (κ2) is 7.39. The predicted molar refractivity (Wildman–Crippen MR) is 61.4 cm³/mol. The number of carboxylic acids is 1. The van der Waals surface area contributed by atoms with Crippen LogP contribution in [0.25, 0.3) is 0 Å². The summed E-state index contributed by atoms with van der Waals surface area (Å²) in [5.41, 5.74) is 4.54. The molecular weight excluding hydrogens is 254 g/mol. The number of ether oxygens (including phenoxy) is 1. The van der Waals surface area contributed by atoms with Crippen molar-refractivity contribution in [2.45, 2.75) is 0 Å². The van der Waals surface area contributed by atoms with Crippen molar-refractivity contribution in [3.05, 3.63) is 35.4 Å². The van der Waals surface area contributed by atoms with Gasteiger partial charge in [-0.2, -0.15) is 0 Å². The fraction of sp³-hybridized carbons (Fsp3) is 0.100. The monoisotopic (exact) mass is 265 g/mol. The van der Waals surface area contributed by atoms with Crippen molar-refractivity contribution in [2.24, 2.45) is 5.73 Å². The van der Waals surface area contributed by atoms with Gasteiger partial charge >= 0.3 is 55.6 Å². The predicted octanol–water partition coefficient (Wildman–Crippen LogP) is -0.889. The molecular formula is C10H11CaNO5. The molecule has 1 aromatic rings. The van der Waals surface area contributed by atoms with Crippen molar-refractivity contribution < 1.29 is 24.2 Å². The van der Waals surface area contributed by atoms with Crippen LogP contribution in [0.5, 0.6) is 0 Å². The first-order valence-corrected chi connectivity index (χ1v) is 4.33. The quantitative estimate of drug-likeness (QED) is 0.417. The van der Waals surface area contributed by atoms with E-state index in [9.17, 15) is 14.4 Å². The van der Waals surface area contributed by atoms with Gasteiger partial charge in [0.1, 0.15) is 0 Å².